The van der Waals surface area contributed by atoms with Crippen LogP contribution in [0.15, 0.2) is 51.5 Å². The van der Waals surface area contributed by atoms with Gasteiger partial charge in [-0.25, -0.2) is 0 Å². The zero-order chi connectivity index (χ0) is 15.0. The minimum absolute atomic E-state index is 0.331. The molecule has 106 valence electrons. The van der Waals surface area contributed by atoms with Crippen molar-refractivity contribution in [1.29, 1.82) is 0 Å². The van der Waals surface area contributed by atoms with Crippen LogP contribution in [0.25, 0.3) is 22.5 Å². The Morgan fingerprint density at radius 3 is 2.57 bits per heavy atom. The molecule has 0 saturated carbocycles. The van der Waals surface area contributed by atoms with Crippen molar-refractivity contribution in [3.8, 4) is 22.5 Å². The number of anilines is 1. The van der Waals surface area contributed by atoms with Gasteiger partial charge in [0.15, 0.2) is 11.6 Å². The second kappa shape index (κ2) is 5.54. The van der Waals surface area contributed by atoms with Gasteiger partial charge >= 0.3 is 0 Å². The highest BCUT2D eigenvalue weighted by atomic mass is 79.9. The summed E-state index contributed by atoms with van der Waals surface area (Å²) in [5, 5.41) is 4.52. The molecule has 0 atom stereocenters. The predicted molar refractivity (Wildman–Crippen MR) is 89.2 cm³/mol. The van der Waals surface area contributed by atoms with E-state index in [-0.39, 0.29) is 0 Å². The number of nitrogen functional groups attached to an aromatic ring is 1. The molecule has 0 aliphatic carbocycles. The van der Waals surface area contributed by atoms with Gasteiger partial charge in [0, 0.05) is 20.6 Å². The topological polar surface area (TPSA) is 52.0 Å². The minimum atomic E-state index is 0.331. The van der Waals surface area contributed by atoms with Crippen LogP contribution in [0.3, 0.4) is 0 Å². The molecule has 5 heteroatoms. The Morgan fingerprint density at radius 2 is 1.81 bits per heavy atom. The second-order valence-corrected chi connectivity index (χ2v) is 5.93. The molecule has 3 nitrogen and oxygen atoms in total. The van der Waals surface area contributed by atoms with Crippen LogP contribution in [-0.4, -0.2) is 5.16 Å². The maximum absolute atomic E-state index is 6.28. The molecule has 1 aromatic heterocycles. The molecule has 0 saturated heterocycles. The van der Waals surface area contributed by atoms with Gasteiger partial charge in [-0.2, -0.15) is 0 Å². The molecule has 0 amide bonds. The summed E-state index contributed by atoms with van der Waals surface area (Å²) >= 11 is 9.81. The van der Waals surface area contributed by atoms with E-state index in [9.17, 15) is 0 Å². The van der Waals surface area contributed by atoms with Crippen LogP contribution in [0, 0.1) is 6.92 Å². The molecule has 0 fully saturated rings. The standard InChI is InChI=1S/C16H12BrClN2O/c1-9-10(6-4-7-12(9)17)15-14(16(19)20-21-15)11-5-2-3-8-13(11)18/h2-8H,1H3,(H2,19,20). The number of hydrogen-bond acceptors (Lipinski definition) is 3. The average Bonchev–Trinajstić information content (AvgIpc) is 2.84. The molecular formula is C16H12BrClN2O. The van der Waals surface area contributed by atoms with E-state index in [1.165, 1.54) is 0 Å². The first-order chi connectivity index (χ1) is 10.1. The molecule has 3 aromatic rings. The lowest BCUT2D eigenvalue weighted by atomic mass is 9.99. The summed E-state index contributed by atoms with van der Waals surface area (Å²) in [6.45, 7) is 2.01. The van der Waals surface area contributed by atoms with Crippen molar-refractivity contribution < 1.29 is 4.52 Å². The predicted octanol–water partition coefficient (Wildman–Crippen LogP) is 5.32. The van der Waals surface area contributed by atoms with Gasteiger partial charge in [-0.1, -0.05) is 63.0 Å². The van der Waals surface area contributed by atoms with Crippen LogP contribution < -0.4 is 5.73 Å². The van der Waals surface area contributed by atoms with Crippen molar-refractivity contribution in [3.63, 3.8) is 0 Å². The third-order valence-electron chi connectivity index (χ3n) is 3.37. The number of rotatable bonds is 2. The number of nitrogens with two attached hydrogens (primary N) is 1. The fourth-order valence-corrected chi connectivity index (χ4v) is 2.86. The fourth-order valence-electron chi connectivity index (χ4n) is 2.26. The van der Waals surface area contributed by atoms with Gasteiger partial charge in [-0.05, 0) is 24.6 Å². The highest BCUT2D eigenvalue weighted by Crippen LogP contribution is 2.41. The lowest BCUT2D eigenvalue weighted by Crippen LogP contribution is -1.91. The average molecular weight is 364 g/mol. The second-order valence-electron chi connectivity index (χ2n) is 4.66. The molecule has 0 aliphatic rings. The Balaban J connectivity index is 2.28. The quantitative estimate of drug-likeness (QED) is 0.671. The van der Waals surface area contributed by atoms with E-state index in [1.54, 1.807) is 0 Å². The lowest BCUT2D eigenvalue weighted by Gasteiger charge is -2.08. The van der Waals surface area contributed by atoms with Crippen LogP contribution >= 0.6 is 27.5 Å². The highest BCUT2D eigenvalue weighted by molar-refractivity contribution is 9.10. The molecule has 21 heavy (non-hydrogen) atoms. The van der Waals surface area contributed by atoms with Crippen molar-refractivity contribution in [3.05, 3.63) is 57.5 Å². The van der Waals surface area contributed by atoms with Gasteiger partial charge in [0.2, 0.25) is 0 Å². The molecule has 0 radical (unpaired) electrons. The molecule has 3 rings (SSSR count). The Hall–Kier alpha value is -1.78. The monoisotopic (exact) mass is 362 g/mol. The Bertz CT molecular complexity index is 814. The van der Waals surface area contributed by atoms with Crippen molar-refractivity contribution >= 4 is 33.3 Å². The summed E-state index contributed by atoms with van der Waals surface area (Å²) < 4.78 is 6.47. The molecule has 1 heterocycles. The third kappa shape index (κ3) is 2.45. The first-order valence-corrected chi connectivity index (χ1v) is 7.52. The van der Waals surface area contributed by atoms with E-state index in [1.807, 2.05) is 49.4 Å². The van der Waals surface area contributed by atoms with Gasteiger partial charge in [0.1, 0.15) is 0 Å². The Kier molecular flexibility index (Phi) is 3.74. The fraction of sp³-hybridized carbons (Fsp3) is 0.0625. The smallest absolute Gasteiger partial charge is 0.177 e. The van der Waals surface area contributed by atoms with Crippen molar-refractivity contribution in [2.45, 2.75) is 6.92 Å². The van der Waals surface area contributed by atoms with Crippen molar-refractivity contribution in [2.24, 2.45) is 0 Å². The van der Waals surface area contributed by atoms with E-state index >= 15 is 0 Å². The Morgan fingerprint density at radius 1 is 1.10 bits per heavy atom. The molecule has 0 unspecified atom stereocenters. The minimum Gasteiger partial charge on any atom is -0.380 e. The van der Waals surface area contributed by atoms with Gasteiger partial charge in [-0.3, -0.25) is 0 Å². The Labute approximate surface area is 135 Å². The van der Waals surface area contributed by atoms with E-state index in [0.29, 0.717) is 16.6 Å². The van der Waals surface area contributed by atoms with E-state index in [0.717, 1.165) is 26.7 Å². The zero-order valence-corrected chi connectivity index (χ0v) is 13.6. The summed E-state index contributed by atoms with van der Waals surface area (Å²) in [6, 6.07) is 13.4. The lowest BCUT2D eigenvalue weighted by molar-refractivity contribution is 0.436. The van der Waals surface area contributed by atoms with Crippen LogP contribution in [0.5, 0.6) is 0 Å². The van der Waals surface area contributed by atoms with E-state index in [4.69, 9.17) is 21.9 Å². The zero-order valence-electron chi connectivity index (χ0n) is 11.2. The van der Waals surface area contributed by atoms with Crippen LogP contribution in [0.1, 0.15) is 5.56 Å². The van der Waals surface area contributed by atoms with Gasteiger partial charge < -0.3 is 10.3 Å². The van der Waals surface area contributed by atoms with Crippen LogP contribution in [0.4, 0.5) is 5.82 Å². The molecule has 2 N–H and O–H groups in total. The number of aromatic nitrogens is 1. The van der Waals surface area contributed by atoms with E-state index in [2.05, 4.69) is 21.1 Å². The summed E-state index contributed by atoms with van der Waals surface area (Å²) in [5.74, 6) is 0.955. The number of nitrogens with zero attached hydrogens (tertiary/aromatic N) is 1. The largest absolute Gasteiger partial charge is 0.380 e. The number of benzene rings is 2. The summed E-state index contributed by atoms with van der Waals surface area (Å²) in [5.41, 5.74) is 9.52. The van der Waals surface area contributed by atoms with Gasteiger partial charge in [0.05, 0.1) is 5.56 Å². The molecule has 2 aromatic carbocycles. The first-order valence-electron chi connectivity index (χ1n) is 6.35. The van der Waals surface area contributed by atoms with Gasteiger partial charge in [-0.15, -0.1) is 0 Å². The number of halogens is 2. The molecule has 0 aliphatic heterocycles. The summed E-state index contributed by atoms with van der Waals surface area (Å²) in [6.07, 6.45) is 0. The summed E-state index contributed by atoms with van der Waals surface area (Å²) in [7, 11) is 0. The molecule has 0 spiro atoms. The third-order valence-corrected chi connectivity index (χ3v) is 4.56. The molecular weight excluding hydrogens is 352 g/mol. The van der Waals surface area contributed by atoms with Gasteiger partial charge in [0.25, 0.3) is 0 Å². The SMILES string of the molecule is Cc1c(Br)cccc1-c1onc(N)c1-c1ccccc1Cl. The number of hydrogen-bond donors (Lipinski definition) is 1. The maximum atomic E-state index is 6.28. The van der Waals surface area contributed by atoms with Crippen LogP contribution in [0.2, 0.25) is 5.02 Å². The van der Waals surface area contributed by atoms with E-state index < -0.39 is 0 Å². The molecule has 0 bridgehead atoms. The highest BCUT2D eigenvalue weighted by Gasteiger charge is 2.21. The maximum Gasteiger partial charge on any atom is 0.177 e. The van der Waals surface area contributed by atoms with Crippen LogP contribution in [-0.2, 0) is 0 Å². The van der Waals surface area contributed by atoms with Crippen molar-refractivity contribution in [1.82, 2.24) is 5.16 Å². The summed E-state index contributed by atoms with van der Waals surface area (Å²) in [4.78, 5) is 0. The first kappa shape index (κ1) is 14.2. The normalized spacial score (nSPS) is 10.8. The van der Waals surface area contributed by atoms with Crippen molar-refractivity contribution in [2.75, 3.05) is 5.73 Å².